The number of ether oxygens (including phenoxy) is 2. The minimum Gasteiger partial charge on any atom is -0.433 e. The number of hydrogen-bond acceptors (Lipinski definition) is 5. The Morgan fingerprint density at radius 2 is 1.38 bits per heavy atom. The molecular weight excluding hydrogens is 428 g/mol. The van der Waals surface area contributed by atoms with Gasteiger partial charge in [0.25, 0.3) is 5.91 Å². The molecule has 174 valence electrons. The quantitative estimate of drug-likeness (QED) is 0.522. The molecule has 3 aromatic carbocycles. The second kappa shape index (κ2) is 9.59. The van der Waals surface area contributed by atoms with Crippen LogP contribution in [0, 0.1) is 0 Å². The number of para-hydroxylation sites is 1. The molecule has 1 amide bonds. The van der Waals surface area contributed by atoms with Gasteiger partial charge >= 0.3 is 6.16 Å². The monoisotopic (exact) mass is 456 g/mol. The van der Waals surface area contributed by atoms with Gasteiger partial charge in [-0.3, -0.25) is 4.79 Å². The largest absolute Gasteiger partial charge is 0.509 e. The molecule has 0 bridgehead atoms. The molecule has 0 aromatic heterocycles. The number of nitrogens with zero attached hydrogens (tertiary/aromatic N) is 2. The molecular formula is C28H28N2O4. The third-order valence-corrected chi connectivity index (χ3v) is 6.66. The van der Waals surface area contributed by atoms with E-state index in [9.17, 15) is 9.59 Å². The molecule has 1 fully saturated rings. The van der Waals surface area contributed by atoms with Crippen LogP contribution < -0.4 is 4.90 Å². The first-order chi connectivity index (χ1) is 16.6. The van der Waals surface area contributed by atoms with Gasteiger partial charge in [0.2, 0.25) is 0 Å². The lowest BCUT2D eigenvalue weighted by atomic mass is 9.98. The smallest absolute Gasteiger partial charge is 0.433 e. The summed E-state index contributed by atoms with van der Waals surface area (Å²) < 4.78 is 10.8. The Bertz CT molecular complexity index is 1130. The van der Waals surface area contributed by atoms with Crippen LogP contribution in [-0.4, -0.2) is 55.9 Å². The Kier molecular flexibility index (Phi) is 6.21. The Balaban J connectivity index is 1.14. The predicted molar refractivity (Wildman–Crippen MR) is 131 cm³/mol. The second-order valence-electron chi connectivity index (χ2n) is 8.70. The van der Waals surface area contributed by atoms with E-state index in [1.165, 1.54) is 11.1 Å². The number of amides is 1. The maximum atomic E-state index is 12.8. The summed E-state index contributed by atoms with van der Waals surface area (Å²) in [5.74, 6) is -0.238. The first kappa shape index (κ1) is 22.0. The molecule has 0 N–H and O–H groups in total. The van der Waals surface area contributed by atoms with Crippen molar-refractivity contribution < 1.29 is 19.1 Å². The summed E-state index contributed by atoms with van der Waals surface area (Å²) >= 11 is 0. The van der Waals surface area contributed by atoms with E-state index in [0.717, 1.165) is 29.9 Å². The zero-order valence-electron chi connectivity index (χ0n) is 19.2. The van der Waals surface area contributed by atoms with Crippen LogP contribution in [0.15, 0.2) is 78.9 Å². The maximum absolute atomic E-state index is 12.8. The van der Waals surface area contributed by atoms with Crippen molar-refractivity contribution in [3.05, 3.63) is 90.0 Å². The molecule has 1 atom stereocenters. The summed E-state index contributed by atoms with van der Waals surface area (Å²) in [6.45, 7) is 4.44. The number of piperazine rings is 1. The Hall–Kier alpha value is -3.80. The highest BCUT2D eigenvalue weighted by Gasteiger charge is 2.31. The van der Waals surface area contributed by atoms with Crippen molar-refractivity contribution in [2.75, 3.05) is 37.7 Å². The molecule has 2 aliphatic rings. The Morgan fingerprint density at radius 3 is 2.00 bits per heavy atom. The van der Waals surface area contributed by atoms with Crippen LogP contribution in [0.25, 0.3) is 11.1 Å². The number of benzene rings is 3. The third kappa shape index (κ3) is 4.36. The van der Waals surface area contributed by atoms with Crippen LogP contribution >= 0.6 is 0 Å². The van der Waals surface area contributed by atoms with Crippen LogP contribution in [0.2, 0.25) is 0 Å². The number of fused-ring (bicyclic) bond motifs is 3. The van der Waals surface area contributed by atoms with Crippen molar-refractivity contribution in [2.45, 2.75) is 18.9 Å². The van der Waals surface area contributed by atoms with Crippen LogP contribution in [0.4, 0.5) is 10.5 Å². The Labute approximate surface area is 199 Å². The van der Waals surface area contributed by atoms with Crippen molar-refractivity contribution in [3.8, 4) is 11.1 Å². The topological polar surface area (TPSA) is 59.1 Å². The van der Waals surface area contributed by atoms with Gasteiger partial charge in [-0.15, -0.1) is 0 Å². The molecule has 1 saturated heterocycles. The van der Waals surface area contributed by atoms with Gasteiger partial charge in [0.1, 0.15) is 6.61 Å². The molecule has 6 nitrogen and oxygen atoms in total. The fourth-order valence-electron chi connectivity index (χ4n) is 4.90. The van der Waals surface area contributed by atoms with Gasteiger partial charge < -0.3 is 19.3 Å². The van der Waals surface area contributed by atoms with Crippen LogP contribution in [0.5, 0.6) is 0 Å². The molecule has 0 radical (unpaired) electrons. The van der Waals surface area contributed by atoms with E-state index in [-0.39, 0.29) is 18.4 Å². The number of anilines is 1. The number of hydrogen-bond donors (Lipinski definition) is 0. The minimum absolute atomic E-state index is 0.0444. The molecule has 0 saturated carbocycles. The number of carbonyl (C=O) groups is 2. The van der Waals surface area contributed by atoms with Crippen molar-refractivity contribution in [1.29, 1.82) is 0 Å². The van der Waals surface area contributed by atoms with E-state index in [0.29, 0.717) is 13.1 Å². The summed E-state index contributed by atoms with van der Waals surface area (Å²) in [5, 5.41) is 0. The average Bonchev–Trinajstić information content (AvgIpc) is 3.21. The van der Waals surface area contributed by atoms with Gasteiger partial charge in [-0.05, 0) is 41.3 Å². The molecule has 3 aromatic rings. The van der Waals surface area contributed by atoms with Crippen molar-refractivity contribution in [2.24, 2.45) is 0 Å². The van der Waals surface area contributed by atoms with Gasteiger partial charge in [-0.2, -0.15) is 0 Å². The predicted octanol–water partition coefficient (Wildman–Crippen LogP) is 4.69. The summed E-state index contributed by atoms with van der Waals surface area (Å²) in [5.41, 5.74) is 5.75. The molecule has 5 rings (SSSR count). The maximum Gasteiger partial charge on any atom is 0.509 e. The van der Waals surface area contributed by atoms with E-state index in [2.05, 4.69) is 41.3 Å². The Morgan fingerprint density at radius 1 is 0.824 bits per heavy atom. The van der Waals surface area contributed by atoms with Crippen LogP contribution in [-0.2, 0) is 14.3 Å². The van der Waals surface area contributed by atoms with Gasteiger partial charge in [-0.25, -0.2) is 4.79 Å². The summed E-state index contributed by atoms with van der Waals surface area (Å²) in [4.78, 5) is 29.3. The lowest BCUT2D eigenvalue weighted by Crippen LogP contribution is -2.51. The molecule has 1 unspecified atom stereocenters. The fourth-order valence-corrected chi connectivity index (χ4v) is 4.90. The van der Waals surface area contributed by atoms with Gasteiger partial charge in [0.15, 0.2) is 6.10 Å². The zero-order chi connectivity index (χ0) is 23.5. The molecule has 6 heteroatoms. The van der Waals surface area contributed by atoms with Crippen LogP contribution in [0.3, 0.4) is 0 Å². The highest BCUT2D eigenvalue weighted by Crippen LogP contribution is 2.44. The third-order valence-electron chi connectivity index (χ3n) is 6.66. The first-order valence-corrected chi connectivity index (χ1v) is 11.7. The van der Waals surface area contributed by atoms with Gasteiger partial charge in [0.05, 0.1) is 0 Å². The highest BCUT2D eigenvalue weighted by molar-refractivity contribution is 5.83. The second-order valence-corrected chi connectivity index (χ2v) is 8.70. The van der Waals surface area contributed by atoms with Crippen molar-refractivity contribution >= 4 is 17.7 Å². The summed E-state index contributed by atoms with van der Waals surface area (Å²) in [7, 11) is 0. The standard InChI is InChI=1S/C28H28N2O4/c1-20(27(31)30-17-15-29(16-18-30)21-9-3-2-4-10-21)34-28(32)33-19-26-24-13-7-5-11-22(24)23-12-6-8-14-25(23)26/h2-14,20,26H,15-19H2,1H3. The average molecular weight is 457 g/mol. The first-order valence-electron chi connectivity index (χ1n) is 11.7. The molecule has 34 heavy (non-hydrogen) atoms. The molecule has 1 aliphatic heterocycles. The fraction of sp³-hybridized carbons (Fsp3) is 0.286. The normalized spacial score (nSPS) is 15.9. The van der Waals surface area contributed by atoms with Crippen LogP contribution in [0.1, 0.15) is 24.0 Å². The summed E-state index contributed by atoms with van der Waals surface area (Å²) in [6.07, 6.45) is -1.70. The SMILES string of the molecule is CC(OC(=O)OCC1c2ccccc2-c2ccccc21)C(=O)N1CCN(c2ccccc2)CC1. The minimum atomic E-state index is -0.890. The lowest BCUT2D eigenvalue weighted by Gasteiger charge is -2.36. The van der Waals surface area contributed by atoms with E-state index < -0.39 is 12.3 Å². The van der Waals surface area contributed by atoms with E-state index in [1.807, 2.05) is 42.5 Å². The zero-order valence-corrected chi connectivity index (χ0v) is 19.2. The van der Waals surface area contributed by atoms with E-state index in [4.69, 9.17) is 9.47 Å². The molecule has 1 heterocycles. The van der Waals surface area contributed by atoms with E-state index in [1.54, 1.807) is 11.8 Å². The van der Waals surface area contributed by atoms with Crippen molar-refractivity contribution in [3.63, 3.8) is 0 Å². The summed E-state index contributed by atoms with van der Waals surface area (Å²) in [6, 6.07) is 26.5. The lowest BCUT2D eigenvalue weighted by molar-refractivity contribution is -0.141. The molecule has 0 spiro atoms. The number of rotatable bonds is 5. The van der Waals surface area contributed by atoms with Gasteiger partial charge in [-0.1, -0.05) is 66.7 Å². The highest BCUT2D eigenvalue weighted by atomic mass is 16.7. The van der Waals surface area contributed by atoms with E-state index >= 15 is 0 Å². The van der Waals surface area contributed by atoms with Crippen molar-refractivity contribution in [1.82, 2.24) is 4.90 Å². The number of carbonyl (C=O) groups excluding carboxylic acids is 2. The van der Waals surface area contributed by atoms with Gasteiger partial charge in [0, 0.05) is 37.8 Å². The molecule has 1 aliphatic carbocycles.